The molecule has 1 fully saturated rings. The molecule has 40 heavy (non-hydrogen) atoms. The number of anilines is 1. The van der Waals surface area contributed by atoms with Crippen molar-refractivity contribution in [3.63, 3.8) is 0 Å². The molecule has 5 rings (SSSR count). The normalized spacial score (nSPS) is 17.9. The van der Waals surface area contributed by atoms with Gasteiger partial charge in [0.2, 0.25) is 0 Å². The topological polar surface area (TPSA) is 106 Å². The Morgan fingerprint density at radius 2 is 1.73 bits per heavy atom. The first-order valence-corrected chi connectivity index (χ1v) is 11.9. The number of benzene rings is 1. The molecule has 15 heteroatoms. The van der Waals surface area contributed by atoms with Crippen molar-refractivity contribution >= 4 is 16.5 Å². The summed E-state index contributed by atoms with van der Waals surface area (Å²) >= 11 is 0. The Hall–Kier alpha value is -4.30. The minimum Gasteiger partial charge on any atom is -0.380 e. The van der Waals surface area contributed by atoms with Gasteiger partial charge in [0.1, 0.15) is 11.4 Å². The number of hydrogen-bond donors (Lipinski definition) is 2. The van der Waals surface area contributed by atoms with Crippen LogP contribution in [0.2, 0.25) is 0 Å². The smallest absolute Gasteiger partial charge is 0.380 e. The summed E-state index contributed by atoms with van der Waals surface area (Å²) < 4.78 is 94.6. The van der Waals surface area contributed by atoms with Crippen molar-refractivity contribution in [2.75, 3.05) is 5.32 Å². The Morgan fingerprint density at radius 3 is 2.40 bits per heavy atom. The molecule has 2 atom stereocenters. The Balaban J connectivity index is 1.33. The Labute approximate surface area is 219 Å². The van der Waals surface area contributed by atoms with Crippen LogP contribution in [0.1, 0.15) is 30.4 Å². The number of hydrogen-bond acceptors (Lipinski definition) is 6. The van der Waals surface area contributed by atoms with E-state index in [1.54, 1.807) is 11.2 Å². The number of rotatable bonds is 5. The molecular formula is C25H19F7N6O2. The van der Waals surface area contributed by atoms with Crippen molar-refractivity contribution in [3.05, 3.63) is 80.6 Å². The lowest BCUT2D eigenvalue weighted by Crippen LogP contribution is -2.28. The Morgan fingerprint density at radius 1 is 1.00 bits per heavy atom. The zero-order chi connectivity index (χ0) is 28.8. The van der Waals surface area contributed by atoms with Crippen LogP contribution in [0.25, 0.3) is 22.2 Å². The molecule has 1 saturated carbocycles. The lowest BCUT2D eigenvalue weighted by molar-refractivity contribution is -0.139. The summed E-state index contributed by atoms with van der Waals surface area (Å²) in [7, 11) is 0. The van der Waals surface area contributed by atoms with Gasteiger partial charge in [0.15, 0.2) is 5.82 Å². The fourth-order valence-electron chi connectivity index (χ4n) is 4.89. The Bertz CT molecular complexity index is 1680. The van der Waals surface area contributed by atoms with Crippen LogP contribution in [0.5, 0.6) is 0 Å². The zero-order valence-electron chi connectivity index (χ0n) is 20.3. The third-order valence-corrected chi connectivity index (χ3v) is 6.78. The molecule has 2 N–H and O–H groups in total. The zero-order valence-corrected chi connectivity index (χ0v) is 20.3. The predicted octanol–water partition coefficient (Wildman–Crippen LogP) is 5.00. The highest BCUT2D eigenvalue weighted by atomic mass is 19.4. The van der Waals surface area contributed by atoms with Crippen LogP contribution in [0.3, 0.4) is 0 Å². The monoisotopic (exact) mass is 568 g/mol. The van der Waals surface area contributed by atoms with Gasteiger partial charge < -0.3 is 9.88 Å². The van der Waals surface area contributed by atoms with Gasteiger partial charge >= 0.3 is 12.4 Å². The highest BCUT2D eigenvalue weighted by Gasteiger charge is 2.38. The molecule has 0 saturated heterocycles. The highest BCUT2D eigenvalue weighted by molar-refractivity contribution is 5.86. The van der Waals surface area contributed by atoms with E-state index in [-0.39, 0.29) is 29.2 Å². The molecule has 0 unspecified atom stereocenters. The third-order valence-electron chi connectivity index (χ3n) is 6.78. The maximum absolute atomic E-state index is 14.9. The fourth-order valence-corrected chi connectivity index (χ4v) is 4.89. The van der Waals surface area contributed by atoms with E-state index in [1.807, 2.05) is 0 Å². The van der Waals surface area contributed by atoms with Crippen LogP contribution in [0.4, 0.5) is 36.4 Å². The van der Waals surface area contributed by atoms with Crippen molar-refractivity contribution in [1.82, 2.24) is 24.7 Å². The van der Waals surface area contributed by atoms with E-state index in [0.29, 0.717) is 37.0 Å². The number of H-pyrrole nitrogens is 1. The molecule has 1 aromatic carbocycles. The molecule has 3 heterocycles. The van der Waals surface area contributed by atoms with E-state index in [4.69, 9.17) is 0 Å². The minimum absolute atomic E-state index is 0.0349. The van der Waals surface area contributed by atoms with Crippen molar-refractivity contribution < 1.29 is 30.7 Å². The molecular weight excluding hydrogens is 549 g/mol. The standard InChI is InChI=1S/C25H19F7N6O2/c26-18-7-16-13(6-17(18)21-33-8-14(9-34-21)24(27,28)29)3-4-38(23(16)40)11-12-1-2-15(5-12)36-19-10-35-37-22(39)20(19)25(30,31)32/h3-4,6-10,12,15H,1-2,5,11H2,(H2,36,37,39)/t12-,15+/m1/s1. The third kappa shape index (κ3) is 5.40. The molecule has 0 spiro atoms. The van der Waals surface area contributed by atoms with Gasteiger partial charge in [-0.1, -0.05) is 0 Å². The summed E-state index contributed by atoms with van der Waals surface area (Å²) in [4.78, 5) is 32.0. The lowest BCUT2D eigenvalue weighted by Gasteiger charge is -2.18. The van der Waals surface area contributed by atoms with E-state index < -0.39 is 52.1 Å². The lowest BCUT2D eigenvalue weighted by atomic mass is 10.1. The molecule has 0 aliphatic heterocycles. The summed E-state index contributed by atoms with van der Waals surface area (Å²) in [6, 6.07) is 3.41. The van der Waals surface area contributed by atoms with Gasteiger partial charge in [0.25, 0.3) is 11.1 Å². The van der Waals surface area contributed by atoms with Gasteiger partial charge in [-0.3, -0.25) is 9.59 Å². The first-order valence-electron chi connectivity index (χ1n) is 11.9. The van der Waals surface area contributed by atoms with Crippen LogP contribution >= 0.6 is 0 Å². The van der Waals surface area contributed by atoms with Crippen LogP contribution in [-0.2, 0) is 18.9 Å². The summed E-state index contributed by atoms with van der Waals surface area (Å²) in [5.41, 5.74) is -4.90. The second kappa shape index (κ2) is 10.0. The van der Waals surface area contributed by atoms with Crippen LogP contribution in [0.15, 0.2) is 52.6 Å². The summed E-state index contributed by atoms with van der Waals surface area (Å²) in [6.07, 6.45) is -4.55. The molecule has 0 radical (unpaired) electrons. The average Bonchev–Trinajstić information content (AvgIpc) is 3.31. The van der Waals surface area contributed by atoms with Crippen LogP contribution < -0.4 is 16.4 Å². The van der Waals surface area contributed by atoms with E-state index >= 15 is 0 Å². The number of nitrogens with zero attached hydrogens (tertiary/aromatic N) is 4. The van der Waals surface area contributed by atoms with Crippen molar-refractivity contribution in [2.24, 2.45) is 5.92 Å². The van der Waals surface area contributed by atoms with E-state index in [1.165, 1.54) is 16.8 Å². The van der Waals surface area contributed by atoms with Gasteiger partial charge in [-0.2, -0.15) is 31.4 Å². The first kappa shape index (κ1) is 27.3. The van der Waals surface area contributed by atoms with Gasteiger partial charge in [-0.15, -0.1) is 0 Å². The first-order chi connectivity index (χ1) is 18.8. The number of alkyl halides is 6. The maximum atomic E-state index is 14.9. The molecule has 8 nitrogen and oxygen atoms in total. The van der Waals surface area contributed by atoms with Crippen molar-refractivity contribution in [2.45, 2.75) is 44.2 Å². The number of aromatic nitrogens is 5. The van der Waals surface area contributed by atoms with Gasteiger partial charge in [-0.05, 0) is 48.8 Å². The maximum Gasteiger partial charge on any atom is 0.423 e. The fraction of sp³-hybridized carbons (Fsp3) is 0.320. The molecule has 1 aliphatic rings. The van der Waals surface area contributed by atoms with Crippen molar-refractivity contribution in [3.8, 4) is 11.4 Å². The van der Waals surface area contributed by atoms with E-state index in [2.05, 4.69) is 20.4 Å². The van der Waals surface area contributed by atoms with Gasteiger partial charge in [0.05, 0.1) is 28.4 Å². The van der Waals surface area contributed by atoms with Crippen LogP contribution in [-0.4, -0.2) is 30.8 Å². The van der Waals surface area contributed by atoms with Gasteiger partial charge in [0, 0.05) is 31.2 Å². The number of aromatic amines is 1. The summed E-state index contributed by atoms with van der Waals surface area (Å²) in [5, 5.41) is 8.33. The molecule has 0 amide bonds. The number of fused-ring (bicyclic) bond motifs is 1. The molecule has 4 aromatic rings. The second-order valence-corrected chi connectivity index (χ2v) is 9.49. The Kier molecular flexibility index (Phi) is 6.84. The number of nitrogens with one attached hydrogen (secondary N) is 2. The van der Waals surface area contributed by atoms with Crippen LogP contribution in [0, 0.1) is 11.7 Å². The van der Waals surface area contributed by atoms with E-state index in [9.17, 15) is 40.3 Å². The molecule has 1 aliphatic carbocycles. The number of pyridine rings is 1. The van der Waals surface area contributed by atoms with Crippen molar-refractivity contribution in [1.29, 1.82) is 0 Å². The quantitative estimate of drug-likeness (QED) is 0.329. The summed E-state index contributed by atoms with van der Waals surface area (Å²) in [6.45, 7) is 0.220. The highest BCUT2D eigenvalue weighted by Crippen LogP contribution is 2.35. The molecule has 0 bridgehead atoms. The average molecular weight is 568 g/mol. The minimum atomic E-state index is -4.87. The SMILES string of the molecule is O=c1[nH]ncc(N[C@H]2CC[C@@H](Cn3ccc4cc(-c5ncc(C(F)(F)F)cn5)c(F)cc4c3=O)C2)c1C(F)(F)F. The summed E-state index contributed by atoms with van der Waals surface area (Å²) in [5.74, 6) is -1.26. The molecule has 3 aromatic heterocycles. The molecule has 210 valence electrons. The van der Waals surface area contributed by atoms with Gasteiger partial charge in [-0.25, -0.2) is 19.5 Å². The number of halogens is 7. The van der Waals surface area contributed by atoms with E-state index in [0.717, 1.165) is 12.3 Å². The predicted molar refractivity (Wildman–Crippen MR) is 129 cm³/mol. The largest absolute Gasteiger partial charge is 0.423 e. The second-order valence-electron chi connectivity index (χ2n) is 9.49.